The second kappa shape index (κ2) is 11.1. The molecule has 1 saturated heterocycles. The van der Waals surface area contributed by atoms with Crippen LogP contribution in [-0.4, -0.2) is 59.4 Å². The van der Waals surface area contributed by atoms with Crippen molar-refractivity contribution in [1.29, 1.82) is 0 Å². The molecule has 6 heteroatoms. The normalized spacial score (nSPS) is 17.9. The highest BCUT2D eigenvalue weighted by Gasteiger charge is 2.45. The van der Waals surface area contributed by atoms with Crippen molar-refractivity contribution in [3.63, 3.8) is 0 Å². The molecule has 1 fully saturated rings. The van der Waals surface area contributed by atoms with Crippen LogP contribution in [0.3, 0.4) is 0 Å². The summed E-state index contributed by atoms with van der Waals surface area (Å²) in [7, 11) is 0. The van der Waals surface area contributed by atoms with Crippen LogP contribution in [0.1, 0.15) is 44.9 Å². The molecule has 0 bridgehead atoms. The highest BCUT2D eigenvalue weighted by atomic mass is 16.5. The number of benzene rings is 2. The average molecular weight is 451 g/mol. The fourth-order valence-electron chi connectivity index (χ4n) is 4.01. The standard InChI is InChI=1S/C27H34N2O4/c1-5-28(6-2)16-17-29-24(20-10-8-7-9-11-20)23(26(31)27(29)32)25(30)21-12-14-22(15-13-21)33-18-19(3)4/h7-15,19,24,30H,5-6,16-18H2,1-4H3/b25-23+. The Labute approximate surface area is 196 Å². The number of nitrogens with zero attached hydrogens (tertiary/aromatic N) is 2. The van der Waals surface area contributed by atoms with Gasteiger partial charge in [-0.25, -0.2) is 0 Å². The maximum absolute atomic E-state index is 13.1. The van der Waals surface area contributed by atoms with Gasteiger partial charge in [-0.2, -0.15) is 0 Å². The lowest BCUT2D eigenvalue weighted by Crippen LogP contribution is -2.38. The Hall–Kier alpha value is -3.12. The van der Waals surface area contributed by atoms with Crippen molar-refractivity contribution in [2.75, 3.05) is 32.8 Å². The number of carbonyl (C=O) groups excluding carboxylic acids is 2. The molecule has 176 valence electrons. The smallest absolute Gasteiger partial charge is 0.295 e. The Morgan fingerprint density at radius 1 is 1.03 bits per heavy atom. The van der Waals surface area contributed by atoms with Crippen LogP contribution in [0.5, 0.6) is 5.75 Å². The van der Waals surface area contributed by atoms with Crippen LogP contribution in [-0.2, 0) is 9.59 Å². The fourth-order valence-corrected chi connectivity index (χ4v) is 4.01. The van der Waals surface area contributed by atoms with E-state index >= 15 is 0 Å². The molecule has 1 N–H and O–H groups in total. The highest BCUT2D eigenvalue weighted by Crippen LogP contribution is 2.39. The first-order valence-electron chi connectivity index (χ1n) is 11.7. The van der Waals surface area contributed by atoms with Gasteiger partial charge < -0.3 is 19.6 Å². The molecule has 1 atom stereocenters. The van der Waals surface area contributed by atoms with Crippen LogP contribution < -0.4 is 4.74 Å². The SMILES string of the molecule is CCN(CC)CCN1C(=O)C(=O)/C(=C(/O)c2ccc(OCC(C)C)cc2)C1c1ccccc1. The number of carbonyl (C=O) groups is 2. The Kier molecular flexibility index (Phi) is 8.28. The number of likely N-dealkylation sites (N-methyl/N-ethyl adjacent to an activating group) is 1. The molecule has 33 heavy (non-hydrogen) atoms. The van der Waals surface area contributed by atoms with Gasteiger partial charge in [-0.1, -0.05) is 58.0 Å². The maximum Gasteiger partial charge on any atom is 0.295 e. The van der Waals surface area contributed by atoms with Gasteiger partial charge in [0.05, 0.1) is 18.2 Å². The van der Waals surface area contributed by atoms with E-state index in [4.69, 9.17) is 4.74 Å². The number of amides is 1. The molecule has 0 aromatic heterocycles. The monoisotopic (exact) mass is 450 g/mol. The zero-order valence-electron chi connectivity index (χ0n) is 20.0. The molecule has 1 heterocycles. The lowest BCUT2D eigenvalue weighted by Gasteiger charge is -2.28. The molecule has 2 aromatic rings. The van der Waals surface area contributed by atoms with Gasteiger partial charge in [0, 0.05) is 18.7 Å². The van der Waals surface area contributed by atoms with E-state index in [-0.39, 0.29) is 11.3 Å². The largest absolute Gasteiger partial charge is 0.507 e. The third-order valence-corrected chi connectivity index (χ3v) is 5.92. The molecule has 1 amide bonds. The van der Waals surface area contributed by atoms with Crippen LogP contribution in [0.4, 0.5) is 0 Å². The molecule has 0 radical (unpaired) electrons. The lowest BCUT2D eigenvalue weighted by atomic mass is 9.95. The van der Waals surface area contributed by atoms with E-state index in [1.54, 1.807) is 29.2 Å². The first-order chi connectivity index (χ1) is 15.9. The number of hydrogen-bond acceptors (Lipinski definition) is 5. The maximum atomic E-state index is 13.1. The third-order valence-electron chi connectivity index (χ3n) is 5.92. The number of aliphatic hydroxyl groups is 1. The Bertz CT molecular complexity index is 979. The van der Waals surface area contributed by atoms with E-state index in [0.717, 1.165) is 18.7 Å². The average Bonchev–Trinajstić information content (AvgIpc) is 3.08. The second-order valence-electron chi connectivity index (χ2n) is 8.66. The van der Waals surface area contributed by atoms with Crippen molar-refractivity contribution in [2.24, 2.45) is 5.92 Å². The molecule has 1 unspecified atom stereocenters. The zero-order chi connectivity index (χ0) is 24.0. The number of rotatable bonds is 10. The summed E-state index contributed by atoms with van der Waals surface area (Å²) in [6.45, 7) is 11.7. The minimum absolute atomic E-state index is 0.126. The summed E-state index contributed by atoms with van der Waals surface area (Å²) in [5.74, 6) is -0.297. The molecule has 0 aliphatic carbocycles. The molecule has 2 aromatic carbocycles. The molecular weight excluding hydrogens is 416 g/mol. The molecule has 3 rings (SSSR count). The van der Waals surface area contributed by atoms with Crippen molar-refractivity contribution in [3.05, 3.63) is 71.3 Å². The van der Waals surface area contributed by atoms with Crippen LogP contribution >= 0.6 is 0 Å². The Morgan fingerprint density at radius 2 is 1.67 bits per heavy atom. The van der Waals surface area contributed by atoms with Crippen LogP contribution in [0, 0.1) is 5.92 Å². The quantitative estimate of drug-likeness (QED) is 0.328. The summed E-state index contributed by atoms with van der Waals surface area (Å²) in [6.07, 6.45) is 0. The van der Waals surface area contributed by atoms with E-state index < -0.39 is 17.7 Å². The van der Waals surface area contributed by atoms with Crippen LogP contribution in [0.25, 0.3) is 5.76 Å². The summed E-state index contributed by atoms with van der Waals surface area (Å²) < 4.78 is 5.72. The fraction of sp³-hybridized carbons (Fsp3) is 0.407. The van der Waals surface area contributed by atoms with E-state index in [1.807, 2.05) is 30.3 Å². The van der Waals surface area contributed by atoms with Gasteiger partial charge >= 0.3 is 0 Å². The number of Topliss-reactive ketones (excluding diaryl/α,β-unsaturated/α-hetero) is 1. The van der Waals surface area contributed by atoms with Gasteiger partial charge in [0.15, 0.2) is 0 Å². The van der Waals surface area contributed by atoms with E-state index in [2.05, 4.69) is 32.6 Å². The number of ether oxygens (including phenoxy) is 1. The predicted molar refractivity (Wildman–Crippen MR) is 130 cm³/mol. The summed E-state index contributed by atoms with van der Waals surface area (Å²) in [6, 6.07) is 15.8. The van der Waals surface area contributed by atoms with Gasteiger partial charge in [-0.05, 0) is 48.8 Å². The lowest BCUT2D eigenvalue weighted by molar-refractivity contribution is -0.140. The van der Waals surface area contributed by atoms with E-state index in [0.29, 0.717) is 36.9 Å². The van der Waals surface area contributed by atoms with Crippen molar-refractivity contribution >= 4 is 17.4 Å². The van der Waals surface area contributed by atoms with Gasteiger partial charge in [-0.15, -0.1) is 0 Å². The Balaban J connectivity index is 1.98. The first kappa shape index (κ1) is 24.5. The topological polar surface area (TPSA) is 70.1 Å². The van der Waals surface area contributed by atoms with Gasteiger partial charge in [0.25, 0.3) is 11.7 Å². The number of hydrogen-bond donors (Lipinski definition) is 1. The van der Waals surface area contributed by atoms with Crippen LogP contribution in [0.2, 0.25) is 0 Å². The molecule has 1 aliphatic rings. The minimum Gasteiger partial charge on any atom is -0.507 e. The zero-order valence-corrected chi connectivity index (χ0v) is 20.0. The summed E-state index contributed by atoms with van der Waals surface area (Å²) >= 11 is 0. The van der Waals surface area contributed by atoms with Crippen molar-refractivity contribution < 1.29 is 19.4 Å². The predicted octanol–water partition coefficient (Wildman–Crippen LogP) is 4.48. The summed E-state index contributed by atoms with van der Waals surface area (Å²) in [4.78, 5) is 29.9. The van der Waals surface area contributed by atoms with Gasteiger partial charge in [-0.3, -0.25) is 9.59 Å². The third kappa shape index (κ3) is 5.63. The molecule has 1 aliphatic heterocycles. The van der Waals surface area contributed by atoms with Crippen LogP contribution in [0.15, 0.2) is 60.2 Å². The number of aliphatic hydroxyl groups excluding tert-OH is 1. The number of likely N-dealkylation sites (tertiary alicyclic amines) is 1. The van der Waals surface area contributed by atoms with Crippen molar-refractivity contribution in [2.45, 2.75) is 33.7 Å². The summed E-state index contributed by atoms with van der Waals surface area (Å²) in [5, 5.41) is 11.2. The second-order valence-corrected chi connectivity index (χ2v) is 8.66. The van der Waals surface area contributed by atoms with Crippen molar-refractivity contribution in [3.8, 4) is 5.75 Å². The molecule has 6 nitrogen and oxygen atoms in total. The first-order valence-corrected chi connectivity index (χ1v) is 11.7. The molecular formula is C27H34N2O4. The van der Waals surface area contributed by atoms with Gasteiger partial charge in [0.2, 0.25) is 0 Å². The van der Waals surface area contributed by atoms with E-state index in [1.165, 1.54) is 0 Å². The number of ketones is 1. The highest BCUT2D eigenvalue weighted by molar-refractivity contribution is 6.46. The summed E-state index contributed by atoms with van der Waals surface area (Å²) in [5.41, 5.74) is 1.41. The molecule has 0 spiro atoms. The van der Waals surface area contributed by atoms with E-state index in [9.17, 15) is 14.7 Å². The molecule has 0 saturated carbocycles. The minimum atomic E-state index is -0.652. The van der Waals surface area contributed by atoms with Crippen molar-refractivity contribution in [1.82, 2.24) is 9.80 Å². The van der Waals surface area contributed by atoms with Gasteiger partial charge in [0.1, 0.15) is 11.5 Å². The Morgan fingerprint density at radius 3 is 2.24 bits per heavy atom.